The highest BCUT2D eigenvalue weighted by Gasteiger charge is 2.40. The molecule has 0 amide bonds. The zero-order valence-electron chi connectivity index (χ0n) is 19.2. The van der Waals surface area contributed by atoms with E-state index in [1.54, 1.807) is 0 Å². The van der Waals surface area contributed by atoms with Gasteiger partial charge in [0.15, 0.2) is 0 Å². The van der Waals surface area contributed by atoms with Gasteiger partial charge in [-0.3, -0.25) is 0 Å². The molecule has 0 aromatic carbocycles. The summed E-state index contributed by atoms with van der Waals surface area (Å²) in [6.07, 6.45) is 8.19. The van der Waals surface area contributed by atoms with Gasteiger partial charge in [-0.05, 0) is 109 Å². The molecule has 27 heavy (non-hydrogen) atoms. The Hall–Kier alpha value is -0.160. The van der Waals surface area contributed by atoms with Gasteiger partial charge in [0, 0.05) is 13.1 Å². The van der Waals surface area contributed by atoms with Crippen LogP contribution >= 0.6 is 0 Å². The lowest BCUT2D eigenvalue weighted by Crippen LogP contribution is -2.46. The van der Waals surface area contributed by atoms with Crippen LogP contribution in [-0.4, -0.2) is 87.2 Å². The summed E-state index contributed by atoms with van der Waals surface area (Å²) in [5.74, 6) is 0. The van der Waals surface area contributed by atoms with Crippen LogP contribution in [0, 0.1) is 10.8 Å². The van der Waals surface area contributed by atoms with Crippen LogP contribution in [0.2, 0.25) is 0 Å². The fourth-order valence-corrected chi connectivity index (χ4v) is 4.39. The van der Waals surface area contributed by atoms with E-state index in [0.29, 0.717) is 10.8 Å². The lowest BCUT2D eigenvalue weighted by atomic mass is 9.79. The van der Waals surface area contributed by atoms with Crippen molar-refractivity contribution >= 4 is 0 Å². The summed E-state index contributed by atoms with van der Waals surface area (Å²) in [6, 6.07) is 0. The zero-order valence-corrected chi connectivity index (χ0v) is 19.2. The van der Waals surface area contributed by atoms with E-state index in [-0.39, 0.29) is 0 Å². The Morgan fingerprint density at radius 2 is 1.48 bits per heavy atom. The number of likely N-dealkylation sites (tertiary alicyclic amines) is 1. The van der Waals surface area contributed by atoms with Gasteiger partial charge in [-0.2, -0.15) is 0 Å². The van der Waals surface area contributed by atoms with Crippen LogP contribution in [0.15, 0.2) is 0 Å². The van der Waals surface area contributed by atoms with Crippen LogP contribution in [0.1, 0.15) is 66.2 Å². The molecule has 4 heteroatoms. The van der Waals surface area contributed by atoms with E-state index in [1.807, 2.05) is 0 Å². The molecule has 1 aliphatic carbocycles. The molecule has 1 heterocycles. The number of piperidine rings is 1. The molecular formula is C23H48N4. The smallest absolute Gasteiger partial charge is 0.00362 e. The molecule has 1 aliphatic heterocycles. The molecule has 0 radical (unpaired) electrons. The van der Waals surface area contributed by atoms with Gasteiger partial charge in [-0.1, -0.05) is 27.7 Å². The van der Waals surface area contributed by atoms with Crippen molar-refractivity contribution in [2.75, 3.05) is 72.5 Å². The molecule has 2 fully saturated rings. The van der Waals surface area contributed by atoms with Crippen molar-refractivity contribution < 1.29 is 0 Å². The van der Waals surface area contributed by atoms with Crippen molar-refractivity contribution in [2.45, 2.75) is 66.2 Å². The van der Waals surface area contributed by atoms with Crippen molar-refractivity contribution in [1.82, 2.24) is 20.0 Å². The highest BCUT2D eigenvalue weighted by atomic mass is 15.2. The first-order valence-corrected chi connectivity index (χ1v) is 11.7. The Morgan fingerprint density at radius 3 is 2.04 bits per heavy atom. The largest absolute Gasteiger partial charge is 0.317 e. The fourth-order valence-electron chi connectivity index (χ4n) is 4.39. The predicted octanol–water partition coefficient (Wildman–Crippen LogP) is 3.53. The van der Waals surface area contributed by atoms with Gasteiger partial charge < -0.3 is 20.0 Å². The Balaban J connectivity index is 1.56. The van der Waals surface area contributed by atoms with Crippen molar-refractivity contribution in [3.63, 3.8) is 0 Å². The summed E-state index contributed by atoms with van der Waals surface area (Å²) in [5.41, 5.74) is 1.19. The quantitative estimate of drug-likeness (QED) is 0.465. The van der Waals surface area contributed by atoms with Crippen LogP contribution in [0.3, 0.4) is 0 Å². The summed E-state index contributed by atoms with van der Waals surface area (Å²) in [5, 5.41) is 3.63. The molecule has 0 unspecified atom stereocenters. The Kier molecular flexibility index (Phi) is 9.54. The fraction of sp³-hybridized carbons (Fsp3) is 1.00. The Morgan fingerprint density at radius 1 is 0.852 bits per heavy atom. The summed E-state index contributed by atoms with van der Waals surface area (Å²) in [7, 11) is 2.20. The maximum atomic E-state index is 3.63. The second-order valence-electron chi connectivity index (χ2n) is 10.1. The minimum atomic E-state index is 0.523. The molecule has 1 N–H and O–H groups in total. The molecular weight excluding hydrogens is 332 g/mol. The van der Waals surface area contributed by atoms with Gasteiger partial charge in [0.1, 0.15) is 0 Å². The van der Waals surface area contributed by atoms with Crippen molar-refractivity contribution in [1.29, 1.82) is 0 Å². The van der Waals surface area contributed by atoms with E-state index in [2.05, 4.69) is 54.8 Å². The third kappa shape index (κ3) is 8.81. The van der Waals surface area contributed by atoms with E-state index in [0.717, 1.165) is 19.6 Å². The van der Waals surface area contributed by atoms with E-state index in [9.17, 15) is 0 Å². The normalized spacial score (nSPS) is 21.9. The lowest BCUT2D eigenvalue weighted by molar-refractivity contribution is 0.0677. The topological polar surface area (TPSA) is 21.8 Å². The maximum absolute atomic E-state index is 3.63. The van der Waals surface area contributed by atoms with Gasteiger partial charge >= 0.3 is 0 Å². The minimum absolute atomic E-state index is 0.523. The molecule has 160 valence electrons. The highest BCUT2D eigenvalue weighted by Crippen LogP contribution is 2.46. The lowest BCUT2D eigenvalue weighted by Gasteiger charge is -2.43. The first-order valence-electron chi connectivity index (χ1n) is 11.7. The van der Waals surface area contributed by atoms with E-state index >= 15 is 0 Å². The summed E-state index contributed by atoms with van der Waals surface area (Å²) in [4.78, 5) is 7.83. The Bertz CT molecular complexity index is 399. The molecule has 0 aromatic heterocycles. The third-order valence-electron chi connectivity index (χ3n) is 7.09. The van der Waals surface area contributed by atoms with Crippen molar-refractivity contribution in [3.8, 4) is 0 Å². The molecule has 0 aromatic rings. The number of hydrogen-bond acceptors (Lipinski definition) is 4. The van der Waals surface area contributed by atoms with Crippen LogP contribution in [0.25, 0.3) is 0 Å². The van der Waals surface area contributed by atoms with Gasteiger partial charge in [0.05, 0.1) is 0 Å². The van der Waals surface area contributed by atoms with Crippen LogP contribution in [0.5, 0.6) is 0 Å². The molecule has 2 rings (SSSR count). The zero-order chi connectivity index (χ0) is 19.8. The van der Waals surface area contributed by atoms with Gasteiger partial charge in [-0.25, -0.2) is 0 Å². The molecule has 0 atom stereocenters. The second kappa shape index (κ2) is 11.1. The monoisotopic (exact) mass is 380 g/mol. The highest BCUT2D eigenvalue weighted by molar-refractivity contribution is 4.93. The average molecular weight is 381 g/mol. The van der Waals surface area contributed by atoms with Gasteiger partial charge in [-0.15, -0.1) is 0 Å². The summed E-state index contributed by atoms with van der Waals surface area (Å²) in [6.45, 7) is 22.0. The SMILES string of the molecule is CCN(C)CCCNCCCN(CC)CC1(C)CCN(CC2(C)CC2)CC1. The summed E-state index contributed by atoms with van der Waals surface area (Å²) < 4.78 is 0. The third-order valence-corrected chi connectivity index (χ3v) is 7.09. The van der Waals surface area contributed by atoms with Gasteiger partial charge in [0.2, 0.25) is 0 Å². The summed E-state index contributed by atoms with van der Waals surface area (Å²) >= 11 is 0. The molecule has 2 aliphatic rings. The predicted molar refractivity (Wildman–Crippen MR) is 119 cm³/mol. The molecule has 0 spiro atoms. The second-order valence-corrected chi connectivity index (χ2v) is 10.1. The molecule has 1 saturated heterocycles. The average Bonchev–Trinajstić information content (AvgIpc) is 3.38. The number of hydrogen-bond donors (Lipinski definition) is 1. The van der Waals surface area contributed by atoms with Crippen LogP contribution in [-0.2, 0) is 0 Å². The molecule has 0 bridgehead atoms. The standard InChI is InChI=1S/C23H48N4/c1-6-25(5)16-8-14-24-15-9-17-26(7-2)20-23(4)12-18-27(19-13-23)21-22(3)10-11-22/h24H,6-21H2,1-5H3. The van der Waals surface area contributed by atoms with E-state index in [1.165, 1.54) is 84.3 Å². The van der Waals surface area contributed by atoms with Crippen molar-refractivity contribution in [2.24, 2.45) is 10.8 Å². The first-order chi connectivity index (χ1) is 12.9. The number of nitrogens with one attached hydrogen (secondary N) is 1. The maximum Gasteiger partial charge on any atom is 0.00362 e. The van der Waals surface area contributed by atoms with E-state index < -0.39 is 0 Å². The molecule has 4 nitrogen and oxygen atoms in total. The molecule has 1 saturated carbocycles. The van der Waals surface area contributed by atoms with Crippen molar-refractivity contribution in [3.05, 3.63) is 0 Å². The Labute approximate surface area is 170 Å². The van der Waals surface area contributed by atoms with Crippen LogP contribution < -0.4 is 5.32 Å². The first kappa shape index (κ1) is 23.1. The minimum Gasteiger partial charge on any atom is -0.317 e. The number of nitrogens with zero attached hydrogens (tertiary/aromatic N) is 3. The number of rotatable bonds is 14. The van der Waals surface area contributed by atoms with E-state index in [4.69, 9.17) is 0 Å². The van der Waals surface area contributed by atoms with Crippen LogP contribution in [0.4, 0.5) is 0 Å². The van der Waals surface area contributed by atoms with Gasteiger partial charge in [0.25, 0.3) is 0 Å².